The summed E-state index contributed by atoms with van der Waals surface area (Å²) in [5, 5.41) is 5.04. The first-order valence-corrected chi connectivity index (χ1v) is 8.16. The summed E-state index contributed by atoms with van der Waals surface area (Å²) in [5.41, 5.74) is 0. The number of carbonyl (C=O) groups is 1. The lowest BCUT2D eigenvalue weighted by atomic mass is 10.1. The van der Waals surface area contributed by atoms with Crippen molar-refractivity contribution in [2.24, 2.45) is 0 Å². The first-order chi connectivity index (χ1) is 10.8. The highest BCUT2D eigenvalue weighted by Gasteiger charge is 2.29. The molecule has 0 aliphatic carbocycles. The molecule has 3 heterocycles. The summed E-state index contributed by atoms with van der Waals surface area (Å²) < 4.78 is 11.3. The van der Waals surface area contributed by atoms with Crippen molar-refractivity contribution in [3.05, 3.63) is 46.8 Å². The normalized spacial score (nSPS) is 21.3. The Morgan fingerprint density at radius 1 is 1.41 bits per heavy atom. The van der Waals surface area contributed by atoms with Crippen molar-refractivity contribution in [1.82, 2.24) is 10.3 Å². The summed E-state index contributed by atoms with van der Waals surface area (Å²) in [6, 6.07) is 9.38. The molecule has 6 heteroatoms. The van der Waals surface area contributed by atoms with Gasteiger partial charge in [0.1, 0.15) is 6.10 Å². The number of nitrogens with one attached hydrogen (secondary N) is 1. The zero-order chi connectivity index (χ0) is 15.2. The summed E-state index contributed by atoms with van der Waals surface area (Å²) in [4.78, 5) is 17.4. The van der Waals surface area contributed by atoms with Crippen molar-refractivity contribution in [2.75, 3.05) is 13.2 Å². The third-order valence-electron chi connectivity index (χ3n) is 3.48. The maximum Gasteiger partial charge on any atom is 0.225 e. The molecule has 1 fully saturated rings. The highest BCUT2D eigenvalue weighted by molar-refractivity contribution is 7.10. The molecule has 0 aromatic carbocycles. The second kappa shape index (κ2) is 7.38. The van der Waals surface area contributed by atoms with Gasteiger partial charge in [0, 0.05) is 23.7 Å². The number of rotatable bonds is 5. The zero-order valence-corrected chi connectivity index (χ0v) is 12.9. The Hall–Kier alpha value is -1.92. The zero-order valence-electron chi connectivity index (χ0n) is 12.1. The van der Waals surface area contributed by atoms with E-state index < -0.39 is 0 Å². The van der Waals surface area contributed by atoms with E-state index in [1.54, 1.807) is 23.6 Å². The summed E-state index contributed by atoms with van der Waals surface area (Å²) in [5.74, 6) is 0.569. The fourth-order valence-electron chi connectivity index (χ4n) is 2.39. The van der Waals surface area contributed by atoms with Crippen LogP contribution < -0.4 is 10.1 Å². The molecule has 1 aliphatic rings. The topological polar surface area (TPSA) is 60.5 Å². The van der Waals surface area contributed by atoms with Crippen LogP contribution in [0, 0.1) is 0 Å². The summed E-state index contributed by atoms with van der Waals surface area (Å²) in [7, 11) is 0. The average Bonchev–Trinajstić information content (AvgIpc) is 3.03. The minimum atomic E-state index is -0.212. The van der Waals surface area contributed by atoms with Crippen LogP contribution in [0.1, 0.15) is 11.3 Å². The fraction of sp³-hybridized carbons (Fsp3) is 0.375. The van der Waals surface area contributed by atoms with Crippen LogP contribution in [-0.4, -0.2) is 36.3 Å². The molecule has 3 rings (SSSR count). The quantitative estimate of drug-likeness (QED) is 0.916. The molecular weight excluding hydrogens is 300 g/mol. The van der Waals surface area contributed by atoms with Gasteiger partial charge in [0.25, 0.3) is 0 Å². The molecule has 1 amide bonds. The molecule has 0 spiro atoms. The predicted molar refractivity (Wildman–Crippen MR) is 84.0 cm³/mol. The first kappa shape index (κ1) is 15.0. The van der Waals surface area contributed by atoms with E-state index in [1.807, 2.05) is 29.6 Å². The SMILES string of the molecule is O=C(Cc1cccs1)N[C@@H]1CCOC[C@H]1Oc1ccccn1. The van der Waals surface area contributed by atoms with Gasteiger partial charge in [-0.1, -0.05) is 12.1 Å². The van der Waals surface area contributed by atoms with E-state index >= 15 is 0 Å². The van der Waals surface area contributed by atoms with Crippen LogP contribution in [-0.2, 0) is 16.0 Å². The number of ether oxygens (including phenoxy) is 2. The number of carbonyl (C=O) groups excluding carboxylic acids is 1. The first-order valence-electron chi connectivity index (χ1n) is 7.28. The van der Waals surface area contributed by atoms with Crippen LogP contribution in [0.2, 0.25) is 0 Å². The van der Waals surface area contributed by atoms with E-state index in [-0.39, 0.29) is 18.1 Å². The van der Waals surface area contributed by atoms with Gasteiger partial charge in [-0.3, -0.25) is 4.79 Å². The van der Waals surface area contributed by atoms with Crippen LogP contribution in [0.4, 0.5) is 0 Å². The van der Waals surface area contributed by atoms with Gasteiger partial charge < -0.3 is 14.8 Å². The van der Waals surface area contributed by atoms with Crippen molar-refractivity contribution < 1.29 is 14.3 Å². The fourth-order valence-corrected chi connectivity index (χ4v) is 3.10. The maximum absolute atomic E-state index is 12.2. The largest absolute Gasteiger partial charge is 0.470 e. The molecule has 0 radical (unpaired) electrons. The van der Waals surface area contributed by atoms with Crippen LogP contribution in [0.5, 0.6) is 5.88 Å². The molecule has 0 unspecified atom stereocenters. The number of pyridine rings is 1. The van der Waals surface area contributed by atoms with Gasteiger partial charge in [-0.15, -0.1) is 11.3 Å². The highest BCUT2D eigenvalue weighted by atomic mass is 32.1. The Labute approximate surface area is 133 Å². The monoisotopic (exact) mass is 318 g/mol. The Morgan fingerprint density at radius 2 is 2.36 bits per heavy atom. The van der Waals surface area contributed by atoms with Gasteiger partial charge in [-0.05, 0) is 23.9 Å². The Kier molecular flexibility index (Phi) is 5.03. The minimum absolute atomic E-state index is 0.0176. The van der Waals surface area contributed by atoms with Gasteiger partial charge in [0.05, 0.1) is 19.1 Å². The molecule has 1 aliphatic heterocycles. The Bertz CT molecular complexity index is 589. The lowest BCUT2D eigenvalue weighted by Gasteiger charge is -2.32. The van der Waals surface area contributed by atoms with E-state index in [4.69, 9.17) is 9.47 Å². The predicted octanol–water partition coefficient (Wildman–Crippen LogP) is 2.04. The van der Waals surface area contributed by atoms with E-state index in [9.17, 15) is 4.79 Å². The Morgan fingerprint density at radius 3 is 3.14 bits per heavy atom. The van der Waals surface area contributed by atoms with Crippen molar-refractivity contribution in [3.8, 4) is 5.88 Å². The average molecular weight is 318 g/mol. The van der Waals surface area contributed by atoms with Crippen LogP contribution >= 0.6 is 11.3 Å². The highest BCUT2D eigenvalue weighted by Crippen LogP contribution is 2.16. The van der Waals surface area contributed by atoms with Crippen molar-refractivity contribution in [2.45, 2.75) is 25.0 Å². The van der Waals surface area contributed by atoms with Gasteiger partial charge in [0.2, 0.25) is 11.8 Å². The number of nitrogens with zero attached hydrogens (tertiary/aromatic N) is 1. The van der Waals surface area contributed by atoms with E-state index in [0.717, 1.165) is 11.3 Å². The van der Waals surface area contributed by atoms with E-state index in [1.165, 1.54) is 0 Å². The van der Waals surface area contributed by atoms with Crippen molar-refractivity contribution in [1.29, 1.82) is 0 Å². The summed E-state index contributed by atoms with van der Waals surface area (Å²) >= 11 is 1.59. The second-order valence-electron chi connectivity index (χ2n) is 5.12. The molecule has 5 nitrogen and oxygen atoms in total. The molecular formula is C16H18N2O3S. The third kappa shape index (κ3) is 4.05. The lowest BCUT2D eigenvalue weighted by molar-refractivity contribution is -0.123. The van der Waals surface area contributed by atoms with Gasteiger partial charge in [-0.25, -0.2) is 4.98 Å². The van der Waals surface area contributed by atoms with Gasteiger partial charge in [-0.2, -0.15) is 0 Å². The van der Waals surface area contributed by atoms with Crippen molar-refractivity contribution in [3.63, 3.8) is 0 Å². The number of thiophene rings is 1. The smallest absolute Gasteiger partial charge is 0.225 e. The van der Waals surface area contributed by atoms with Crippen molar-refractivity contribution >= 4 is 17.2 Å². The molecule has 2 aromatic heterocycles. The molecule has 116 valence electrons. The number of hydrogen-bond acceptors (Lipinski definition) is 5. The van der Waals surface area contributed by atoms with E-state index in [2.05, 4.69) is 10.3 Å². The van der Waals surface area contributed by atoms with Gasteiger partial charge in [0.15, 0.2) is 0 Å². The number of amides is 1. The Balaban J connectivity index is 1.58. The molecule has 0 bridgehead atoms. The third-order valence-corrected chi connectivity index (χ3v) is 4.35. The summed E-state index contributed by atoms with van der Waals surface area (Å²) in [6.45, 7) is 1.09. The summed E-state index contributed by atoms with van der Waals surface area (Å²) in [6.07, 6.45) is 2.62. The van der Waals surface area contributed by atoms with Crippen LogP contribution in [0.15, 0.2) is 41.9 Å². The van der Waals surface area contributed by atoms with Crippen LogP contribution in [0.25, 0.3) is 0 Å². The van der Waals surface area contributed by atoms with E-state index in [0.29, 0.717) is 25.5 Å². The molecule has 2 atom stereocenters. The standard InChI is InChI=1S/C16H18N2O3S/c19-15(10-12-4-3-9-22-12)18-13-6-8-20-11-14(13)21-16-5-1-2-7-17-16/h1-5,7,9,13-14H,6,8,10-11H2,(H,18,19)/t13-,14-/m1/s1. The lowest BCUT2D eigenvalue weighted by Crippen LogP contribution is -2.51. The molecule has 0 saturated carbocycles. The molecule has 1 N–H and O–H groups in total. The molecule has 22 heavy (non-hydrogen) atoms. The maximum atomic E-state index is 12.2. The number of aromatic nitrogens is 1. The number of hydrogen-bond donors (Lipinski definition) is 1. The molecule has 1 saturated heterocycles. The molecule has 2 aromatic rings. The van der Waals surface area contributed by atoms with Gasteiger partial charge >= 0.3 is 0 Å². The van der Waals surface area contributed by atoms with Crippen LogP contribution in [0.3, 0.4) is 0 Å². The second-order valence-corrected chi connectivity index (χ2v) is 6.15. The minimum Gasteiger partial charge on any atom is -0.470 e.